The molecule has 1 saturated heterocycles. The van der Waals surface area contributed by atoms with E-state index in [-0.39, 0.29) is 17.6 Å². The highest BCUT2D eigenvalue weighted by Gasteiger charge is 2.26. The van der Waals surface area contributed by atoms with Crippen molar-refractivity contribution >= 4 is 33.2 Å². The van der Waals surface area contributed by atoms with Crippen LogP contribution in [0, 0.1) is 5.92 Å². The molecular weight excluding hydrogens is 402 g/mol. The summed E-state index contributed by atoms with van der Waals surface area (Å²) in [5, 5.41) is 5.63. The summed E-state index contributed by atoms with van der Waals surface area (Å²) in [4.78, 5) is 25.1. The second kappa shape index (κ2) is 9.30. The maximum atomic E-state index is 12.7. The highest BCUT2D eigenvalue weighted by molar-refractivity contribution is 7.92. The molecule has 2 aromatic rings. The summed E-state index contributed by atoms with van der Waals surface area (Å²) in [6, 6.07) is 13.3. The number of carbonyl (C=O) groups is 2. The molecule has 160 valence electrons. The highest BCUT2D eigenvalue weighted by Crippen LogP contribution is 2.24. The predicted octanol–water partition coefficient (Wildman–Crippen LogP) is 3.25. The van der Waals surface area contributed by atoms with Gasteiger partial charge in [-0.05, 0) is 55.2 Å². The monoisotopic (exact) mass is 429 g/mol. The third-order valence-electron chi connectivity index (χ3n) is 4.86. The van der Waals surface area contributed by atoms with E-state index in [1.165, 1.54) is 4.31 Å². The molecule has 8 heteroatoms. The zero-order valence-corrected chi connectivity index (χ0v) is 18.0. The fraction of sp³-hybridized carbons (Fsp3) is 0.364. The van der Waals surface area contributed by atoms with Crippen LogP contribution in [0.5, 0.6) is 0 Å². The van der Waals surface area contributed by atoms with E-state index in [0.29, 0.717) is 47.9 Å². The highest BCUT2D eigenvalue weighted by atomic mass is 32.2. The van der Waals surface area contributed by atoms with E-state index in [2.05, 4.69) is 10.6 Å². The van der Waals surface area contributed by atoms with E-state index < -0.39 is 10.0 Å². The molecule has 1 fully saturated rings. The molecule has 7 nitrogen and oxygen atoms in total. The van der Waals surface area contributed by atoms with Gasteiger partial charge in [-0.1, -0.05) is 26.0 Å². The van der Waals surface area contributed by atoms with Crippen LogP contribution in [0.2, 0.25) is 0 Å². The molecule has 0 saturated carbocycles. The largest absolute Gasteiger partial charge is 0.352 e. The van der Waals surface area contributed by atoms with Crippen LogP contribution in [-0.4, -0.2) is 39.1 Å². The van der Waals surface area contributed by atoms with Crippen LogP contribution in [0.1, 0.15) is 47.4 Å². The number of anilines is 2. The van der Waals surface area contributed by atoms with Crippen LogP contribution in [0.4, 0.5) is 11.4 Å². The van der Waals surface area contributed by atoms with E-state index >= 15 is 0 Å². The number of rotatable bonds is 6. The fourth-order valence-electron chi connectivity index (χ4n) is 3.23. The topological polar surface area (TPSA) is 95.6 Å². The molecule has 2 aromatic carbocycles. The van der Waals surface area contributed by atoms with Gasteiger partial charge in [-0.25, -0.2) is 8.42 Å². The van der Waals surface area contributed by atoms with Crippen molar-refractivity contribution in [3.63, 3.8) is 0 Å². The molecule has 3 rings (SSSR count). The van der Waals surface area contributed by atoms with Crippen molar-refractivity contribution in [2.45, 2.75) is 26.7 Å². The van der Waals surface area contributed by atoms with Gasteiger partial charge in [-0.15, -0.1) is 0 Å². The number of nitrogens with one attached hydrogen (secondary N) is 2. The SMILES string of the molecule is CC(C)CNC(=O)c1ccccc1NC(=O)c1ccc(N2CCCCS2(=O)=O)cc1. The van der Waals surface area contributed by atoms with Crippen molar-refractivity contribution in [1.82, 2.24) is 5.32 Å². The Labute approximate surface area is 177 Å². The Bertz CT molecular complexity index is 1020. The zero-order chi connectivity index (χ0) is 21.7. The number of benzene rings is 2. The normalized spacial score (nSPS) is 15.6. The summed E-state index contributed by atoms with van der Waals surface area (Å²) in [7, 11) is -3.30. The summed E-state index contributed by atoms with van der Waals surface area (Å²) in [5.74, 6) is -0.152. The van der Waals surface area contributed by atoms with E-state index in [9.17, 15) is 18.0 Å². The first-order chi connectivity index (χ1) is 14.3. The lowest BCUT2D eigenvalue weighted by molar-refractivity contribution is 0.0950. The Morgan fingerprint density at radius 3 is 2.37 bits per heavy atom. The molecule has 1 aliphatic rings. The average Bonchev–Trinajstić information content (AvgIpc) is 2.72. The van der Waals surface area contributed by atoms with Crippen molar-refractivity contribution in [1.29, 1.82) is 0 Å². The van der Waals surface area contributed by atoms with E-state index in [4.69, 9.17) is 0 Å². The third kappa shape index (κ3) is 5.18. The fourth-order valence-corrected chi connectivity index (χ4v) is 4.87. The number of carbonyl (C=O) groups excluding carboxylic acids is 2. The minimum atomic E-state index is -3.30. The molecule has 0 unspecified atom stereocenters. The molecule has 2 N–H and O–H groups in total. The Hall–Kier alpha value is -2.87. The number of sulfonamides is 1. The number of amides is 2. The maximum absolute atomic E-state index is 12.7. The van der Waals surface area contributed by atoms with E-state index in [1.54, 1.807) is 48.5 Å². The summed E-state index contributed by atoms with van der Waals surface area (Å²) in [6.07, 6.45) is 1.49. The van der Waals surface area contributed by atoms with Gasteiger partial charge < -0.3 is 10.6 Å². The minimum Gasteiger partial charge on any atom is -0.352 e. The molecule has 30 heavy (non-hydrogen) atoms. The van der Waals surface area contributed by atoms with E-state index in [1.807, 2.05) is 13.8 Å². The summed E-state index contributed by atoms with van der Waals surface area (Å²) < 4.78 is 25.9. The quantitative estimate of drug-likeness (QED) is 0.737. The first kappa shape index (κ1) is 21.8. The van der Waals surface area contributed by atoms with Crippen molar-refractivity contribution < 1.29 is 18.0 Å². The van der Waals surface area contributed by atoms with Gasteiger partial charge >= 0.3 is 0 Å². The van der Waals surface area contributed by atoms with Crippen LogP contribution in [-0.2, 0) is 10.0 Å². The summed E-state index contributed by atoms with van der Waals surface area (Å²) >= 11 is 0. The van der Waals surface area contributed by atoms with Crippen molar-refractivity contribution in [3.05, 3.63) is 59.7 Å². The first-order valence-corrected chi connectivity index (χ1v) is 11.7. The Morgan fingerprint density at radius 1 is 1.00 bits per heavy atom. The molecule has 0 aromatic heterocycles. The van der Waals surface area contributed by atoms with Gasteiger partial charge in [0, 0.05) is 18.7 Å². The van der Waals surface area contributed by atoms with Crippen LogP contribution in [0.15, 0.2) is 48.5 Å². The zero-order valence-electron chi connectivity index (χ0n) is 17.2. The number of nitrogens with zero attached hydrogens (tertiary/aromatic N) is 1. The standard InChI is InChI=1S/C22H27N3O4S/c1-16(2)15-23-22(27)19-7-3-4-8-20(19)24-21(26)17-9-11-18(12-10-17)25-13-5-6-14-30(25,28)29/h3-4,7-12,16H,5-6,13-15H2,1-2H3,(H,23,27)(H,24,26). The average molecular weight is 430 g/mol. The lowest BCUT2D eigenvalue weighted by Gasteiger charge is -2.28. The van der Waals surface area contributed by atoms with Gasteiger partial charge in [0.25, 0.3) is 11.8 Å². The molecule has 2 amide bonds. The van der Waals surface area contributed by atoms with Crippen LogP contribution in [0.25, 0.3) is 0 Å². The number of hydrogen-bond donors (Lipinski definition) is 2. The molecular formula is C22H27N3O4S. The first-order valence-electron chi connectivity index (χ1n) is 10.1. The molecule has 0 bridgehead atoms. The Kier molecular flexibility index (Phi) is 6.77. The lowest BCUT2D eigenvalue weighted by atomic mass is 10.1. The Balaban J connectivity index is 1.73. The number of hydrogen-bond acceptors (Lipinski definition) is 4. The third-order valence-corrected chi connectivity index (χ3v) is 6.73. The smallest absolute Gasteiger partial charge is 0.255 e. The van der Waals surface area contributed by atoms with Gasteiger partial charge in [0.1, 0.15) is 0 Å². The Morgan fingerprint density at radius 2 is 1.70 bits per heavy atom. The van der Waals surface area contributed by atoms with Gasteiger partial charge in [0.05, 0.1) is 22.7 Å². The van der Waals surface area contributed by atoms with Gasteiger partial charge in [-0.3, -0.25) is 13.9 Å². The van der Waals surface area contributed by atoms with Crippen molar-refractivity contribution in [3.8, 4) is 0 Å². The second-order valence-electron chi connectivity index (χ2n) is 7.75. The minimum absolute atomic E-state index is 0.144. The summed E-state index contributed by atoms with van der Waals surface area (Å²) in [6.45, 7) is 5.01. The molecule has 0 aliphatic carbocycles. The molecule has 0 radical (unpaired) electrons. The lowest BCUT2D eigenvalue weighted by Crippen LogP contribution is -2.37. The van der Waals surface area contributed by atoms with Crippen molar-refractivity contribution in [2.24, 2.45) is 5.92 Å². The van der Waals surface area contributed by atoms with E-state index in [0.717, 1.165) is 6.42 Å². The van der Waals surface area contributed by atoms with Gasteiger partial charge in [0.2, 0.25) is 10.0 Å². The molecule has 0 spiro atoms. The second-order valence-corrected chi connectivity index (χ2v) is 9.76. The van der Waals surface area contributed by atoms with Gasteiger partial charge in [0.15, 0.2) is 0 Å². The van der Waals surface area contributed by atoms with Crippen LogP contribution in [0.3, 0.4) is 0 Å². The maximum Gasteiger partial charge on any atom is 0.255 e. The van der Waals surface area contributed by atoms with Crippen LogP contribution >= 0.6 is 0 Å². The molecule has 1 aliphatic heterocycles. The molecule has 1 heterocycles. The van der Waals surface area contributed by atoms with Crippen molar-refractivity contribution in [2.75, 3.05) is 28.5 Å². The predicted molar refractivity (Wildman–Crippen MR) is 118 cm³/mol. The van der Waals surface area contributed by atoms with Crippen LogP contribution < -0.4 is 14.9 Å². The molecule has 0 atom stereocenters. The summed E-state index contributed by atoms with van der Waals surface area (Å²) in [5.41, 5.74) is 1.75. The van der Waals surface area contributed by atoms with Gasteiger partial charge in [-0.2, -0.15) is 0 Å². The number of para-hydroxylation sites is 1.